The lowest BCUT2D eigenvalue weighted by Crippen LogP contribution is -2.00. The van der Waals surface area contributed by atoms with Crippen LogP contribution in [0.1, 0.15) is 5.56 Å². The fourth-order valence-corrected chi connectivity index (χ4v) is 7.23. The summed E-state index contributed by atoms with van der Waals surface area (Å²) in [5.41, 5.74) is 11.6. The fourth-order valence-electron chi connectivity index (χ4n) is 7.23. The quantitative estimate of drug-likeness (QED) is 0.202. The number of nitriles is 1. The third-order valence-electron chi connectivity index (χ3n) is 9.20. The third-order valence-corrected chi connectivity index (χ3v) is 9.20. The van der Waals surface area contributed by atoms with Crippen LogP contribution in [0.4, 0.5) is 0 Å². The molecule has 0 radical (unpaired) electrons. The van der Waals surface area contributed by atoms with Gasteiger partial charge >= 0.3 is 0 Å². The number of para-hydroxylation sites is 4. The number of rotatable bonds is 4. The van der Waals surface area contributed by atoms with Crippen molar-refractivity contribution < 1.29 is 0 Å². The summed E-state index contributed by atoms with van der Waals surface area (Å²) in [5.74, 6) is 0. The van der Waals surface area contributed by atoms with Crippen LogP contribution >= 0.6 is 0 Å². The molecule has 0 saturated carbocycles. The summed E-state index contributed by atoms with van der Waals surface area (Å²) >= 11 is 0. The molecule has 46 heavy (non-hydrogen) atoms. The predicted octanol–water partition coefficient (Wildman–Crippen LogP) is 11.1. The third kappa shape index (κ3) is 3.84. The minimum atomic E-state index is 0.657. The molecule has 214 valence electrons. The molecule has 9 aromatic rings. The highest BCUT2D eigenvalue weighted by Gasteiger charge is 2.20. The van der Waals surface area contributed by atoms with Crippen LogP contribution in [0.15, 0.2) is 164 Å². The maximum Gasteiger partial charge on any atom is 0.0998 e. The van der Waals surface area contributed by atoms with Crippen molar-refractivity contribution in [3.05, 3.63) is 169 Å². The van der Waals surface area contributed by atoms with Gasteiger partial charge in [0.05, 0.1) is 39.4 Å². The van der Waals surface area contributed by atoms with E-state index in [9.17, 15) is 5.26 Å². The van der Waals surface area contributed by atoms with Crippen LogP contribution in [-0.2, 0) is 0 Å². The van der Waals surface area contributed by atoms with Gasteiger partial charge < -0.3 is 9.13 Å². The van der Waals surface area contributed by atoms with Gasteiger partial charge in [0.25, 0.3) is 0 Å². The molecule has 3 nitrogen and oxygen atoms in total. The Bertz CT molecular complexity index is 2540. The molecule has 0 unspecified atom stereocenters. The van der Waals surface area contributed by atoms with Gasteiger partial charge in [0, 0.05) is 38.4 Å². The second-order valence-corrected chi connectivity index (χ2v) is 11.6. The van der Waals surface area contributed by atoms with Crippen molar-refractivity contribution in [3.63, 3.8) is 0 Å². The average molecular weight is 586 g/mol. The Labute approximate surface area is 266 Å². The molecule has 7 aromatic carbocycles. The van der Waals surface area contributed by atoms with Crippen LogP contribution in [0, 0.1) is 11.3 Å². The van der Waals surface area contributed by atoms with Crippen LogP contribution < -0.4 is 0 Å². The zero-order valence-electron chi connectivity index (χ0n) is 24.9. The molecule has 0 bridgehead atoms. The molecule has 0 aliphatic rings. The van der Waals surface area contributed by atoms with Crippen LogP contribution in [0.5, 0.6) is 0 Å². The van der Waals surface area contributed by atoms with Crippen molar-refractivity contribution in [2.45, 2.75) is 0 Å². The number of fused-ring (bicyclic) bond motifs is 6. The number of hydrogen-bond acceptors (Lipinski definition) is 1. The smallest absolute Gasteiger partial charge is 0.0998 e. The van der Waals surface area contributed by atoms with Crippen molar-refractivity contribution in [2.24, 2.45) is 0 Å². The zero-order valence-corrected chi connectivity index (χ0v) is 24.9. The second kappa shape index (κ2) is 10.4. The van der Waals surface area contributed by atoms with Gasteiger partial charge in [0.1, 0.15) is 0 Å². The molecular weight excluding hydrogens is 558 g/mol. The first kappa shape index (κ1) is 26.1. The topological polar surface area (TPSA) is 33.6 Å². The minimum Gasteiger partial charge on any atom is -0.309 e. The van der Waals surface area contributed by atoms with Gasteiger partial charge in [0.15, 0.2) is 0 Å². The average Bonchev–Trinajstić information content (AvgIpc) is 3.64. The number of benzene rings is 7. The molecule has 0 spiro atoms. The lowest BCUT2D eigenvalue weighted by molar-refractivity contribution is 1.17. The summed E-state index contributed by atoms with van der Waals surface area (Å²) < 4.78 is 4.72. The van der Waals surface area contributed by atoms with Crippen LogP contribution in [-0.4, -0.2) is 9.13 Å². The fraction of sp³-hybridized carbons (Fsp3) is 0. The van der Waals surface area contributed by atoms with Crippen LogP contribution in [0.3, 0.4) is 0 Å². The van der Waals surface area contributed by atoms with Gasteiger partial charge in [-0.05, 0) is 59.7 Å². The number of nitrogens with zero attached hydrogens (tertiary/aromatic N) is 3. The van der Waals surface area contributed by atoms with Crippen molar-refractivity contribution in [3.8, 4) is 39.7 Å². The summed E-state index contributed by atoms with van der Waals surface area (Å²) in [6, 6.07) is 60.1. The van der Waals surface area contributed by atoms with E-state index in [0.29, 0.717) is 5.56 Å². The molecule has 9 rings (SSSR count). The highest BCUT2D eigenvalue weighted by Crippen LogP contribution is 2.42. The molecule has 2 heterocycles. The van der Waals surface area contributed by atoms with E-state index in [4.69, 9.17) is 0 Å². The Morgan fingerprint density at radius 2 is 0.848 bits per heavy atom. The van der Waals surface area contributed by atoms with Crippen molar-refractivity contribution >= 4 is 43.6 Å². The molecule has 2 aromatic heterocycles. The highest BCUT2D eigenvalue weighted by molar-refractivity contribution is 6.11. The maximum absolute atomic E-state index is 10.1. The van der Waals surface area contributed by atoms with E-state index >= 15 is 0 Å². The Balaban J connectivity index is 1.33. The van der Waals surface area contributed by atoms with Gasteiger partial charge in [-0.2, -0.15) is 5.26 Å². The molecule has 0 atom stereocenters. The first-order chi connectivity index (χ1) is 22.8. The summed E-state index contributed by atoms with van der Waals surface area (Å²) in [6.45, 7) is 0. The van der Waals surface area contributed by atoms with E-state index in [1.54, 1.807) is 0 Å². The summed E-state index contributed by atoms with van der Waals surface area (Å²) in [6.07, 6.45) is 0. The number of hydrogen-bond donors (Lipinski definition) is 0. The van der Waals surface area contributed by atoms with Crippen molar-refractivity contribution in [1.82, 2.24) is 9.13 Å². The molecule has 0 fully saturated rings. The number of aromatic nitrogens is 2. The first-order valence-electron chi connectivity index (χ1n) is 15.5. The highest BCUT2D eigenvalue weighted by atomic mass is 15.0. The van der Waals surface area contributed by atoms with Gasteiger partial charge in [-0.15, -0.1) is 0 Å². The van der Waals surface area contributed by atoms with Gasteiger partial charge in [-0.3, -0.25) is 0 Å². The molecule has 3 heteroatoms. The van der Waals surface area contributed by atoms with E-state index in [1.807, 2.05) is 18.2 Å². The standard InChI is InChI=1S/C43H27N3/c44-28-30-12-1-2-13-32(30)37-18-11-23-42(46-40-21-9-5-16-35(40)36-17-6-10-22-41(36)46)43(37)29-24-26-31(27-25-29)45-38-19-7-3-14-33(38)34-15-4-8-20-39(34)45/h1-27H. The van der Waals surface area contributed by atoms with E-state index < -0.39 is 0 Å². The van der Waals surface area contributed by atoms with Crippen molar-refractivity contribution in [2.75, 3.05) is 0 Å². The van der Waals surface area contributed by atoms with Crippen LogP contribution in [0.2, 0.25) is 0 Å². The normalized spacial score (nSPS) is 11.5. The lowest BCUT2D eigenvalue weighted by atomic mass is 9.90. The molecule has 0 amide bonds. The van der Waals surface area contributed by atoms with Gasteiger partial charge in [-0.25, -0.2) is 0 Å². The van der Waals surface area contributed by atoms with Gasteiger partial charge in [-0.1, -0.05) is 115 Å². The molecule has 0 aliphatic heterocycles. The van der Waals surface area contributed by atoms with E-state index in [1.165, 1.54) is 32.6 Å². The molecule has 0 saturated heterocycles. The summed E-state index contributed by atoms with van der Waals surface area (Å²) in [5, 5.41) is 15.1. The van der Waals surface area contributed by atoms with Gasteiger partial charge in [0.2, 0.25) is 0 Å². The lowest BCUT2D eigenvalue weighted by Gasteiger charge is -2.19. The second-order valence-electron chi connectivity index (χ2n) is 11.6. The Hall–Kier alpha value is -6.37. The van der Waals surface area contributed by atoms with E-state index in [-0.39, 0.29) is 0 Å². The minimum absolute atomic E-state index is 0.657. The summed E-state index contributed by atoms with van der Waals surface area (Å²) in [7, 11) is 0. The monoisotopic (exact) mass is 585 g/mol. The van der Waals surface area contributed by atoms with E-state index in [2.05, 4.69) is 161 Å². The largest absolute Gasteiger partial charge is 0.309 e. The molecule has 0 aliphatic carbocycles. The predicted molar refractivity (Wildman–Crippen MR) is 191 cm³/mol. The van der Waals surface area contributed by atoms with Crippen molar-refractivity contribution in [1.29, 1.82) is 5.26 Å². The Morgan fingerprint density at radius 3 is 1.39 bits per heavy atom. The Morgan fingerprint density at radius 1 is 0.391 bits per heavy atom. The molecule has 0 N–H and O–H groups in total. The molecular formula is C43H27N3. The van der Waals surface area contributed by atoms with E-state index in [0.717, 1.165) is 44.7 Å². The zero-order chi connectivity index (χ0) is 30.6. The summed E-state index contributed by atoms with van der Waals surface area (Å²) in [4.78, 5) is 0. The first-order valence-corrected chi connectivity index (χ1v) is 15.5. The maximum atomic E-state index is 10.1. The Kier molecular flexibility index (Phi) is 5.88. The van der Waals surface area contributed by atoms with Crippen LogP contribution in [0.25, 0.3) is 77.2 Å². The SMILES string of the molecule is N#Cc1ccccc1-c1cccc(-n2c3ccccc3c3ccccc32)c1-c1ccc(-n2c3ccccc3c3ccccc32)cc1.